The Labute approximate surface area is 329 Å². The van der Waals surface area contributed by atoms with Gasteiger partial charge in [-0.05, 0) is 75.9 Å². The predicted molar refractivity (Wildman–Crippen MR) is 212 cm³/mol. The van der Waals surface area contributed by atoms with Gasteiger partial charge >= 0.3 is 12.1 Å². The summed E-state index contributed by atoms with van der Waals surface area (Å²) in [4.78, 5) is 26.2. The normalized spacial score (nSPS) is 13.8. The van der Waals surface area contributed by atoms with Crippen LogP contribution in [0.1, 0.15) is 51.8 Å². The first kappa shape index (κ1) is 40.0. The first-order valence-corrected chi connectivity index (χ1v) is 23.9. The summed E-state index contributed by atoms with van der Waals surface area (Å²) in [6.45, 7) is 12.6. The first-order chi connectivity index (χ1) is 25.7. The Morgan fingerprint density at radius 3 is 2.65 bits per heavy atom. The van der Waals surface area contributed by atoms with Crippen LogP contribution >= 0.6 is 38.6 Å². The summed E-state index contributed by atoms with van der Waals surface area (Å²) >= 11 is 6.01. The third kappa shape index (κ3) is 9.41. The van der Waals surface area contributed by atoms with Crippen molar-refractivity contribution < 1.29 is 32.2 Å². The van der Waals surface area contributed by atoms with E-state index in [-0.39, 0.29) is 24.7 Å². The summed E-state index contributed by atoms with van der Waals surface area (Å²) in [6, 6.07) is 13.0. The van der Waals surface area contributed by atoms with E-state index in [1.54, 1.807) is 18.3 Å². The number of hydrogen-bond donors (Lipinski definition) is 0. The van der Waals surface area contributed by atoms with E-state index < -0.39 is 25.8 Å². The molecule has 0 fully saturated rings. The molecule has 4 heterocycles. The van der Waals surface area contributed by atoms with Gasteiger partial charge in [0.15, 0.2) is 27.3 Å². The zero-order chi connectivity index (χ0) is 38.6. The van der Waals surface area contributed by atoms with Crippen LogP contribution in [0.5, 0.6) is 5.75 Å². The third-order valence-electron chi connectivity index (χ3n) is 8.81. The van der Waals surface area contributed by atoms with Crippen LogP contribution in [0.15, 0.2) is 51.9 Å². The number of halogens is 4. The van der Waals surface area contributed by atoms with Gasteiger partial charge in [-0.2, -0.15) is 18.2 Å². The summed E-state index contributed by atoms with van der Waals surface area (Å²) in [7, 11) is -1.24. The summed E-state index contributed by atoms with van der Waals surface area (Å²) in [5.74, 6) is 0.382. The number of anilines is 2. The molecular formula is C37H42BrF3N6O4S2Si. The molecule has 0 atom stereocenters. The Bertz CT molecular complexity index is 2200. The second kappa shape index (κ2) is 17.0. The molecule has 3 aromatic heterocycles. The maximum Gasteiger partial charge on any atom is 0.420 e. The number of rotatable bonds is 14. The van der Waals surface area contributed by atoms with Gasteiger partial charge in [0.1, 0.15) is 12.5 Å². The maximum absolute atomic E-state index is 13.6. The SMILES string of the molecule is CCOC(=O)c1nc(N2CCCc3c2nnc(/N=c2\sc4ccccc4n2COCC[Si](C)(C)C)c3C)sc1CCCOc1ccc(Br)cc1C(F)(F)F. The van der Waals surface area contributed by atoms with Crippen LogP contribution in [0.4, 0.5) is 29.9 Å². The summed E-state index contributed by atoms with van der Waals surface area (Å²) in [6.07, 6.45) is -2.27. The number of alkyl halides is 3. The van der Waals surface area contributed by atoms with Crippen LogP contribution in [-0.4, -0.2) is 60.2 Å². The molecule has 288 valence electrons. The lowest BCUT2D eigenvalue weighted by Gasteiger charge is -2.28. The molecule has 0 aliphatic carbocycles. The molecule has 0 saturated carbocycles. The maximum atomic E-state index is 13.6. The summed E-state index contributed by atoms with van der Waals surface area (Å²) in [5.41, 5.74) is 2.30. The molecular weight excluding hydrogens is 822 g/mol. The van der Waals surface area contributed by atoms with E-state index in [1.165, 1.54) is 23.5 Å². The van der Waals surface area contributed by atoms with E-state index in [9.17, 15) is 18.0 Å². The Morgan fingerprint density at radius 1 is 1.09 bits per heavy atom. The van der Waals surface area contributed by atoms with Gasteiger partial charge < -0.3 is 19.1 Å². The van der Waals surface area contributed by atoms with Crippen LogP contribution in [0.25, 0.3) is 10.2 Å². The van der Waals surface area contributed by atoms with E-state index in [4.69, 9.17) is 24.2 Å². The number of esters is 1. The van der Waals surface area contributed by atoms with Crippen molar-refractivity contribution in [2.24, 2.45) is 4.99 Å². The van der Waals surface area contributed by atoms with E-state index in [1.807, 2.05) is 24.0 Å². The first-order valence-electron chi connectivity index (χ1n) is 17.7. The van der Waals surface area contributed by atoms with Crippen molar-refractivity contribution in [2.75, 3.05) is 31.3 Å². The summed E-state index contributed by atoms with van der Waals surface area (Å²) < 4.78 is 61.3. The second-order valence-corrected chi connectivity index (χ2v) is 22.6. The summed E-state index contributed by atoms with van der Waals surface area (Å²) in [5, 5.41) is 9.84. The van der Waals surface area contributed by atoms with Crippen LogP contribution in [0.2, 0.25) is 25.7 Å². The molecule has 0 N–H and O–H groups in total. The highest BCUT2D eigenvalue weighted by Crippen LogP contribution is 2.40. The lowest BCUT2D eigenvalue weighted by Crippen LogP contribution is -2.27. The number of aryl methyl sites for hydroxylation is 1. The van der Waals surface area contributed by atoms with Gasteiger partial charge in [0.25, 0.3) is 0 Å². The number of hydrogen-bond acceptors (Lipinski definition) is 11. The fraction of sp³-hybridized carbons (Fsp3) is 0.432. The highest BCUT2D eigenvalue weighted by molar-refractivity contribution is 9.10. The number of thiazole rings is 2. The molecule has 0 radical (unpaired) electrons. The molecule has 5 aromatic rings. The number of benzene rings is 2. The molecule has 54 heavy (non-hydrogen) atoms. The highest BCUT2D eigenvalue weighted by Gasteiger charge is 2.35. The van der Waals surface area contributed by atoms with Crippen LogP contribution in [0, 0.1) is 6.92 Å². The molecule has 0 amide bonds. The van der Waals surface area contributed by atoms with Gasteiger partial charge in [-0.15, -0.1) is 21.5 Å². The van der Waals surface area contributed by atoms with Crippen LogP contribution in [0.3, 0.4) is 0 Å². The number of fused-ring (bicyclic) bond motifs is 2. The molecule has 0 saturated heterocycles. The average molecular weight is 864 g/mol. The molecule has 2 aromatic carbocycles. The molecule has 10 nitrogen and oxygen atoms in total. The molecule has 17 heteroatoms. The lowest BCUT2D eigenvalue weighted by molar-refractivity contribution is -0.139. The van der Waals surface area contributed by atoms with Crippen molar-refractivity contribution in [3.05, 3.63) is 79.0 Å². The Hall–Kier alpha value is -3.64. The Kier molecular flexibility index (Phi) is 12.6. The number of nitrogens with zero attached hydrogens (tertiary/aromatic N) is 6. The van der Waals surface area contributed by atoms with Gasteiger partial charge in [-0.1, -0.05) is 59.0 Å². The topological polar surface area (TPSA) is 104 Å². The van der Waals surface area contributed by atoms with Gasteiger partial charge in [0.2, 0.25) is 0 Å². The van der Waals surface area contributed by atoms with Crippen molar-refractivity contribution in [1.82, 2.24) is 19.7 Å². The largest absolute Gasteiger partial charge is 0.493 e. The standard InChI is InChI=1S/C37H42BrF3N6O4S2Si/c1-6-50-34(48)31-30(14-10-18-51-28-16-15-24(38)21-26(28)37(39,40)41)53-35(42-31)46-17-9-11-25-23(2)32(44-45-33(25)46)43-36-47(22-49-19-20-54(3,4)5)27-12-7-8-13-29(27)52-36/h7-8,12-13,15-16,21H,6,9-11,14,17-20,22H2,1-5H3/b43-36-. The molecule has 1 aliphatic heterocycles. The minimum Gasteiger partial charge on any atom is -0.493 e. The fourth-order valence-corrected chi connectivity index (χ4v) is 9.22. The van der Waals surface area contributed by atoms with Gasteiger partial charge in [0, 0.05) is 41.7 Å². The van der Waals surface area contributed by atoms with Crippen molar-refractivity contribution >= 4 is 79.6 Å². The quantitative estimate of drug-likeness (QED) is 0.0618. The van der Waals surface area contributed by atoms with Crippen LogP contribution < -0.4 is 14.4 Å². The number of carbonyl (C=O) groups excluding carboxylic acids is 1. The van der Waals surface area contributed by atoms with Gasteiger partial charge in [0.05, 0.1) is 29.0 Å². The molecule has 6 rings (SSSR count). The second-order valence-electron chi connectivity index (χ2n) is 14.0. The molecule has 1 aliphatic rings. The third-order valence-corrected chi connectivity index (χ3v) is 13.2. The van der Waals surface area contributed by atoms with E-state index in [0.29, 0.717) is 58.8 Å². The Morgan fingerprint density at radius 2 is 1.89 bits per heavy atom. The van der Waals surface area contributed by atoms with Crippen LogP contribution in [-0.2, 0) is 35.2 Å². The zero-order valence-corrected chi connectivity index (χ0v) is 35.0. The average Bonchev–Trinajstić information content (AvgIpc) is 3.70. The van der Waals surface area contributed by atoms with Crippen molar-refractivity contribution in [1.29, 1.82) is 0 Å². The zero-order valence-electron chi connectivity index (χ0n) is 30.8. The predicted octanol–water partition coefficient (Wildman–Crippen LogP) is 9.86. The number of carbonyl (C=O) groups is 1. The van der Waals surface area contributed by atoms with E-state index in [2.05, 4.69) is 62.5 Å². The monoisotopic (exact) mass is 862 g/mol. The fourth-order valence-electron chi connectivity index (χ4n) is 5.96. The smallest absolute Gasteiger partial charge is 0.420 e. The van der Waals surface area contributed by atoms with Crippen molar-refractivity contribution in [2.45, 2.75) is 78.1 Å². The van der Waals surface area contributed by atoms with E-state index in [0.717, 1.165) is 51.1 Å². The number of aromatic nitrogens is 4. The number of ether oxygens (including phenoxy) is 3. The minimum absolute atomic E-state index is 0.00804. The number of para-hydroxylation sites is 1. The molecule has 0 unspecified atom stereocenters. The van der Waals surface area contributed by atoms with Crippen molar-refractivity contribution in [3.8, 4) is 5.75 Å². The molecule has 0 spiro atoms. The Balaban J connectivity index is 1.25. The lowest BCUT2D eigenvalue weighted by atomic mass is 10.0. The highest BCUT2D eigenvalue weighted by atomic mass is 79.9. The van der Waals surface area contributed by atoms with Gasteiger partial charge in [-0.25, -0.2) is 9.78 Å². The van der Waals surface area contributed by atoms with Gasteiger partial charge in [-0.3, -0.25) is 4.57 Å². The minimum atomic E-state index is -4.56. The van der Waals surface area contributed by atoms with Crippen molar-refractivity contribution in [3.63, 3.8) is 0 Å². The van der Waals surface area contributed by atoms with E-state index >= 15 is 0 Å². The molecule has 0 bridgehead atoms.